The maximum atomic E-state index is 4.48. The van der Waals surface area contributed by atoms with Crippen LogP contribution in [0.1, 0.15) is 32.6 Å². The molecule has 5 heteroatoms. The van der Waals surface area contributed by atoms with Crippen LogP contribution >= 0.6 is 0 Å². The molecule has 2 aliphatic rings. The number of anilines is 2. The summed E-state index contributed by atoms with van der Waals surface area (Å²) in [5.41, 5.74) is 0. The average molecular weight is 315 g/mol. The van der Waals surface area contributed by atoms with Crippen LogP contribution in [0.15, 0.2) is 25.0 Å². The smallest absolute Gasteiger partial charge is 0.134 e. The van der Waals surface area contributed by atoms with Crippen molar-refractivity contribution in [1.29, 1.82) is 0 Å². The molecule has 23 heavy (non-hydrogen) atoms. The zero-order valence-corrected chi connectivity index (χ0v) is 14.2. The fourth-order valence-corrected chi connectivity index (χ4v) is 3.65. The Balaban J connectivity index is 1.56. The molecule has 0 amide bonds. The number of hydrogen-bond donors (Lipinski definition) is 1. The molecule has 5 nitrogen and oxygen atoms in total. The fourth-order valence-electron chi connectivity index (χ4n) is 3.65. The molecule has 0 bridgehead atoms. The van der Waals surface area contributed by atoms with Crippen LogP contribution in [-0.4, -0.2) is 53.6 Å². The van der Waals surface area contributed by atoms with Crippen LogP contribution < -0.4 is 10.2 Å². The highest BCUT2D eigenvalue weighted by atomic mass is 15.2. The van der Waals surface area contributed by atoms with Crippen molar-refractivity contribution in [2.75, 3.05) is 42.9 Å². The van der Waals surface area contributed by atoms with Crippen molar-refractivity contribution in [3.05, 3.63) is 25.0 Å². The van der Waals surface area contributed by atoms with Gasteiger partial charge in [-0.05, 0) is 31.6 Å². The number of rotatable bonds is 5. The van der Waals surface area contributed by atoms with E-state index in [0.29, 0.717) is 6.04 Å². The third-order valence-corrected chi connectivity index (χ3v) is 4.96. The zero-order valence-electron chi connectivity index (χ0n) is 14.2. The highest BCUT2D eigenvalue weighted by molar-refractivity contribution is 5.49. The van der Waals surface area contributed by atoms with Gasteiger partial charge in [-0.2, -0.15) is 0 Å². The van der Waals surface area contributed by atoms with E-state index in [9.17, 15) is 0 Å². The van der Waals surface area contributed by atoms with Gasteiger partial charge in [-0.1, -0.05) is 13.0 Å². The van der Waals surface area contributed by atoms with Gasteiger partial charge >= 0.3 is 0 Å². The number of piperidine rings is 2. The molecular weight excluding hydrogens is 286 g/mol. The van der Waals surface area contributed by atoms with Crippen molar-refractivity contribution in [3.63, 3.8) is 0 Å². The first-order chi connectivity index (χ1) is 11.2. The van der Waals surface area contributed by atoms with Crippen LogP contribution in [0.5, 0.6) is 0 Å². The van der Waals surface area contributed by atoms with Crippen molar-refractivity contribution < 1.29 is 0 Å². The van der Waals surface area contributed by atoms with Crippen LogP contribution in [0.3, 0.4) is 0 Å². The molecule has 3 heterocycles. The molecule has 0 saturated carbocycles. The van der Waals surface area contributed by atoms with Gasteiger partial charge in [0.2, 0.25) is 0 Å². The molecular formula is C18H29N5. The minimum atomic E-state index is 0.513. The monoisotopic (exact) mass is 315 g/mol. The second kappa shape index (κ2) is 7.77. The Bertz CT molecular complexity index is 510. The van der Waals surface area contributed by atoms with Gasteiger partial charge in [0.25, 0.3) is 0 Å². The summed E-state index contributed by atoms with van der Waals surface area (Å²) in [7, 11) is 0. The average Bonchev–Trinajstić information content (AvgIpc) is 2.57. The number of likely N-dealkylation sites (tertiary alicyclic amines) is 1. The number of aromatic nitrogens is 2. The van der Waals surface area contributed by atoms with E-state index in [0.717, 1.165) is 63.1 Å². The van der Waals surface area contributed by atoms with Crippen molar-refractivity contribution in [3.8, 4) is 0 Å². The Kier molecular flexibility index (Phi) is 5.49. The quantitative estimate of drug-likeness (QED) is 0.847. The lowest BCUT2D eigenvalue weighted by Gasteiger charge is -2.33. The molecule has 1 atom stereocenters. The topological polar surface area (TPSA) is 44.3 Å². The first-order valence-electron chi connectivity index (χ1n) is 8.91. The van der Waals surface area contributed by atoms with Gasteiger partial charge in [0.15, 0.2) is 0 Å². The second-order valence-corrected chi connectivity index (χ2v) is 6.96. The Labute approximate surface area is 139 Å². The summed E-state index contributed by atoms with van der Waals surface area (Å²) in [5, 5.41) is 3.60. The number of nitrogens with zero attached hydrogens (tertiary/aromatic N) is 4. The molecule has 1 unspecified atom stereocenters. The van der Waals surface area contributed by atoms with E-state index in [1.54, 1.807) is 6.33 Å². The van der Waals surface area contributed by atoms with Crippen LogP contribution in [0.2, 0.25) is 0 Å². The molecule has 2 aliphatic heterocycles. The molecule has 2 saturated heterocycles. The van der Waals surface area contributed by atoms with Gasteiger partial charge in [0, 0.05) is 44.8 Å². The van der Waals surface area contributed by atoms with Crippen molar-refractivity contribution in [2.24, 2.45) is 5.92 Å². The Morgan fingerprint density at radius 2 is 2.09 bits per heavy atom. The van der Waals surface area contributed by atoms with Crippen LogP contribution in [0.4, 0.5) is 11.6 Å². The van der Waals surface area contributed by atoms with E-state index < -0.39 is 0 Å². The van der Waals surface area contributed by atoms with Gasteiger partial charge in [0.1, 0.15) is 18.0 Å². The summed E-state index contributed by atoms with van der Waals surface area (Å²) in [4.78, 5) is 13.8. The third-order valence-electron chi connectivity index (χ3n) is 4.96. The van der Waals surface area contributed by atoms with Crippen LogP contribution in [0, 0.1) is 5.92 Å². The van der Waals surface area contributed by atoms with Gasteiger partial charge < -0.3 is 10.2 Å². The lowest BCUT2D eigenvalue weighted by atomic mass is 10.0. The molecule has 0 aromatic carbocycles. The van der Waals surface area contributed by atoms with Crippen molar-refractivity contribution in [2.45, 2.75) is 38.6 Å². The molecule has 1 N–H and O–H groups in total. The van der Waals surface area contributed by atoms with E-state index in [1.807, 2.05) is 6.08 Å². The molecule has 1 aromatic rings. The molecule has 3 rings (SSSR count). The summed E-state index contributed by atoms with van der Waals surface area (Å²) >= 11 is 0. The van der Waals surface area contributed by atoms with E-state index >= 15 is 0 Å². The minimum Gasteiger partial charge on any atom is -0.367 e. The van der Waals surface area contributed by atoms with Crippen molar-refractivity contribution in [1.82, 2.24) is 14.9 Å². The maximum Gasteiger partial charge on any atom is 0.134 e. The van der Waals surface area contributed by atoms with Crippen molar-refractivity contribution >= 4 is 11.6 Å². The van der Waals surface area contributed by atoms with E-state index in [1.165, 1.54) is 12.8 Å². The number of hydrogen-bond acceptors (Lipinski definition) is 5. The van der Waals surface area contributed by atoms with E-state index in [-0.39, 0.29) is 0 Å². The summed E-state index contributed by atoms with van der Waals surface area (Å²) in [6.45, 7) is 11.6. The summed E-state index contributed by atoms with van der Waals surface area (Å²) < 4.78 is 0. The van der Waals surface area contributed by atoms with Gasteiger partial charge in [0.05, 0.1) is 0 Å². The summed E-state index contributed by atoms with van der Waals surface area (Å²) in [6.07, 6.45) is 8.60. The Morgan fingerprint density at radius 3 is 2.83 bits per heavy atom. The highest BCUT2D eigenvalue weighted by Crippen LogP contribution is 2.23. The van der Waals surface area contributed by atoms with E-state index in [2.05, 4.69) is 44.7 Å². The maximum absolute atomic E-state index is 4.48. The predicted molar refractivity (Wildman–Crippen MR) is 95.9 cm³/mol. The predicted octanol–water partition coefficient (Wildman–Crippen LogP) is 2.78. The molecule has 2 fully saturated rings. The molecule has 126 valence electrons. The molecule has 0 spiro atoms. The van der Waals surface area contributed by atoms with Crippen LogP contribution in [-0.2, 0) is 0 Å². The van der Waals surface area contributed by atoms with Crippen LogP contribution in [0.25, 0.3) is 0 Å². The SMILES string of the molecule is C=CCN1CCC(Nc2cc(N3CCCC(C)C3)ncn2)CC1. The number of nitrogens with one attached hydrogen (secondary N) is 1. The Morgan fingerprint density at radius 1 is 1.26 bits per heavy atom. The van der Waals surface area contributed by atoms with Gasteiger partial charge in [-0.15, -0.1) is 6.58 Å². The summed E-state index contributed by atoms with van der Waals surface area (Å²) in [5.74, 6) is 2.79. The fraction of sp³-hybridized carbons (Fsp3) is 0.667. The minimum absolute atomic E-state index is 0.513. The standard InChI is InChI=1S/C18H29N5/c1-3-8-22-10-6-16(7-11-22)21-17-12-18(20-14-19-17)23-9-4-5-15(2)13-23/h3,12,14-16H,1,4-11,13H2,2H3,(H,19,20,21). The van der Waals surface area contributed by atoms with E-state index in [4.69, 9.17) is 0 Å². The molecule has 0 radical (unpaired) electrons. The lowest BCUT2D eigenvalue weighted by molar-refractivity contribution is 0.240. The summed E-state index contributed by atoms with van der Waals surface area (Å²) in [6, 6.07) is 2.63. The first kappa shape index (κ1) is 16.2. The first-order valence-corrected chi connectivity index (χ1v) is 8.91. The molecule has 1 aromatic heterocycles. The third kappa shape index (κ3) is 4.44. The zero-order chi connectivity index (χ0) is 16.1. The second-order valence-electron chi connectivity index (χ2n) is 6.96. The lowest BCUT2D eigenvalue weighted by Crippen LogP contribution is -2.39. The largest absolute Gasteiger partial charge is 0.367 e. The molecule has 0 aliphatic carbocycles. The Hall–Kier alpha value is -1.62. The highest BCUT2D eigenvalue weighted by Gasteiger charge is 2.20. The van der Waals surface area contributed by atoms with Gasteiger partial charge in [-0.25, -0.2) is 9.97 Å². The normalized spacial score (nSPS) is 23.7. The van der Waals surface area contributed by atoms with Gasteiger partial charge in [-0.3, -0.25) is 4.90 Å².